The zero-order chi connectivity index (χ0) is 10.8. The summed E-state index contributed by atoms with van der Waals surface area (Å²) in [5, 5.41) is 9.14. The molecule has 1 saturated carbocycles. The summed E-state index contributed by atoms with van der Waals surface area (Å²) in [5.41, 5.74) is 0. The summed E-state index contributed by atoms with van der Waals surface area (Å²) >= 11 is 0. The largest absolute Gasteiger partial charge is 0.393 e. The standard InChI is InChI=1S/C10H14FN3O/c1-14(5-7-2-8(15)3-7)10-4-9(11)12-6-13-10/h4,6-8,15H,2-3,5H2,1H3. The molecule has 1 N–H and O–H groups in total. The molecule has 5 heteroatoms. The minimum atomic E-state index is -0.513. The lowest BCUT2D eigenvalue weighted by molar-refractivity contribution is 0.0464. The number of nitrogens with zero attached hydrogens (tertiary/aromatic N) is 3. The summed E-state index contributed by atoms with van der Waals surface area (Å²) in [6, 6.07) is 1.31. The highest BCUT2D eigenvalue weighted by atomic mass is 19.1. The highest BCUT2D eigenvalue weighted by Gasteiger charge is 2.28. The van der Waals surface area contributed by atoms with Crippen LogP contribution in [0.15, 0.2) is 12.4 Å². The van der Waals surface area contributed by atoms with Gasteiger partial charge in [0.2, 0.25) is 5.95 Å². The van der Waals surface area contributed by atoms with E-state index in [1.54, 1.807) is 0 Å². The van der Waals surface area contributed by atoms with Crippen LogP contribution in [-0.2, 0) is 0 Å². The number of rotatable bonds is 3. The van der Waals surface area contributed by atoms with Crippen molar-refractivity contribution in [3.63, 3.8) is 0 Å². The van der Waals surface area contributed by atoms with E-state index in [4.69, 9.17) is 5.11 Å². The van der Waals surface area contributed by atoms with E-state index in [0.717, 1.165) is 19.4 Å². The van der Waals surface area contributed by atoms with Gasteiger partial charge in [-0.25, -0.2) is 9.97 Å². The van der Waals surface area contributed by atoms with E-state index in [1.807, 2.05) is 11.9 Å². The molecule has 0 atom stereocenters. The molecule has 0 bridgehead atoms. The molecule has 0 unspecified atom stereocenters. The maximum absolute atomic E-state index is 12.8. The molecular formula is C10H14FN3O. The van der Waals surface area contributed by atoms with Crippen molar-refractivity contribution in [3.05, 3.63) is 18.3 Å². The molecule has 1 aliphatic rings. The van der Waals surface area contributed by atoms with Crippen molar-refractivity contribution >= 4 is 5.82 Å². The molecule has 1 fully saturated rings. The van der Waals surface area contributed by atoms with Crippen LogP contribution < -0.4 is 4.90 Å². The van der Waals surface area contributed by atoms with Gasteiger partial charge in [0.1, 0.15) is 12.1 Å². The van der Waals surface area contributed by atoms with Gasteiger partial charge in [0.05, 0.1) is 6.10 Å². The third kappa shape index (κ3) is 2.41. The molecule has 15 heavy (non-hydrogen) atoms. The van der Waals surface area contributed by atoms with Crippen LogP contribution >= 0.6 is 0 Å². The average molecular weight is 211 g/mol. The van der Waals surface area contributed by atoms with E-state index < -0.39 is 5.95 Å². The second kappa shape index (κ2) is 4.10. The zero-order valence-corrected chi connectivity index (χ0v) is 8.60. The summed E-state index contributed by atoms with van der Waals surface area (Å²) in [5.74, 6) is 0.562. The maximum Gasteiger partial charge on any atom is 0.218 e. The minimum absolute atomic E-state index is 0.148. The smallest absolute Gasteiger partial charge is 0.218 e. The number of aromatic nitrogens is 2. The Morgan fingerprint density at radius 1 is 1.53 bits per heavy atom. The molecule has 1 aromatic heterocycles. The molecule has 82 valence electrons. The number of aliphatic hydroxyl groups is 1. The molecule has 0 amide bonds. The van der Waals surface area contributed by atoms with Crippen LogP contribution in [-0.4, -0.2) is 34.8 Å². The Hall–Kier alpha value is -1.23. The van der Waals surface area contributed by atoms with Gasteiger partial charge in [-0.1, -0.05) is 0 Å². The van der Waals surface area contributed by atoms with Crippen molar-refractivity contribution in [2.24, 2.45) is 5.92 Å². The van der Waals surface area contributed by atoms with E-state index in [-0.39, 0.29) is 6.10 Å². The van der Waals surface area contributed by atoms with Crippen LogP contribution in [0.3, 0.4) is 0 Å². The maximum atomic E-state index is 12.8. The Morgan fingerprint density at radius 3 is 2.87 bits per heavy atom. The Morgan fingerprint density at radius 2 is 2.27 bits per heavy atom. The van der Waals surface area contributed by atoms with E-state index in [2.05, 4.69) is 9.97 Å². The molecule has 0 radical (unpaired) electrons. The Bertz CT molecular complexity index is 341. The fourth-order valence-corrected chi connectivity index (χ4v) is 1.86. The van der Waals surface area contributed by atoms with E-state index in [9.17, 15) is 4.39 Å². The van der Waals surface area contributed by atoms with Crippen molar-refractivity contribution in [1.82, 2.24) is 9.97 Å². The summed E-state index contributed by atoms with van der Waals surface area (Å²) in [7, 11) is 1.87. The number of aliphatic hydroxyl groups excluding tert-OH is 1. The van der Waals surface area contributed by atoms with E-state index >= 15 is 0 Å². The van der Waals surface area contributed by atoms with Crippen molar-refractivity contribution in [2.45, 2.75) is 18.9 Å². The third-order valence-electron chi connectivity index (χ3n) is 2.75. The fraction of sp³-hybridized carbons (Fsp3) is 0.600. The van der Waals surface area contributed by atoms with Gasteiger partial charge in [0.15, 0.2) is 0 Å². The van der Waals surface area contributed by atoms with Gasteiger partial charge < -0.3 is 10.0 Å². The monoisotopic (exact) mass is 211 g/mol. The second-order valence-electron chi connectivity index (χ2n) is 4.07. The second-order valence-corrected chi connectivity index (χ2v) is 4.07. The SMILES string of the molecule is CN(CC1CC(O)C1)c1cc(F)ncn1. The normalized spacial score (nSPS) is 24.7. The van der Waals surface area contributed by atoms with Gasteiger partial charge in [-0.3, -0.25) is 0 Å². The van der Waals surface area contributed by atoms with Crippen LogP contribution in [0.1, 0.15) is 12.8 Å². The number of hydrogen-bond donors (Lipinski definition) is 1. The molecule has 1 aromatic rings. The van der Waals surface area contributed by atoms with Crippen LogP contribution in [0.25, 0.3) is 0 Å². The Kier molecular flexibility index (Phi) is 2.81. The quantitative estimate of drug-likeness (QED) is 0.752. The van der Waals surface area contributed by atoms with Crippen molar-refractivity contribution in [1.29, 1.82) is 0 Å². The predicted octanol–water partition coefficient (Wildman–Crippen LogP) is 0.823. The molecule has 0 aliphatic heterocycles. The average Bonchev–Trinajstić information content (AvgIpc) is 2.15. The fourth-order valence-electron chi connectivity index (χ4n) is 1.86. The summed E-state index contributed by atoms with van der Waals surface area (Å²) in [6.45, 7) is 0.799. The van der Waals surface area contributed by atoms with Gasteiger partial charge in [0.25, 0.3) is 0 Å². The molecular weight excluding hydrogens is 197 g/mol. The molecule has 1 aliphatic carbocycles. The van der Waals surface area contributed by atoms with Crippen LogP contribution in [0.5, 0.6) is 0 Å². The molecule has 4 nitrogen and oxygen atoms in total. The van der Waals surface area contributed by atoms with Gasteiger partial charge in [0, 0.05) is 19.7 Å². The number of hydrogen-bond acceptors (Lipinski definition) is 4. The highest BCUT2D eigenvalue weighted by Crippen LogP contribution is 2.28. The lowest BCUT2D eigenvalue weighted by Crippen LogP contribution is -2.37. The number of halogens is 1. The van der Waals surface area contributed by atoms with Gasteiger partial charge in [-0.15, -0.1) is 0 Å². The molecule has 0 spiro atoms. The topological polar surface area (TPSA) is 49.2 Å². The first kappa shape index (κ1) is 10.3. The van der Waals surface area contributed by atoms with Gasteiger partial charge >= 0.3 is 0 Å². The van der Waals surface area contributed by atoms with Crippen molar-refractivity contribution in [2.75, 3.05) is 18.5 Å². The Balaban J connectivity index is 1.93. The third-order valence-corrected chi connectivity index (χ3v) is 2.75. The van der Waals surface area contributed by atoms with Crippen molar-refractivity contribution in [3.8, 4) is 0 Å². The molecule has 0 aromatic carbocycles. The minimum Gasteiger partial charge on any atom is -0.393 e. The van der Waals surface area contributed by atoms with Gasteiger partial charge in [-0.2, -0.15) is 4.39 Å². The summed E-state index contributed by atoms with van der Waals surface area (Å²) in [6.07, 6.45) is 2.73. The van der Waals surface area contributed by atoms with E-state index in [0.29, 0.717) is 11.7 Å². The van der Waals surface area contributed by atoms with Gasteiger partial charge in [-0.05, 0) is 18.8 Å². The van der Waals surface area contributed by atoms with Crippen LogP contribution in [0.2, 0.25) is 0 Å². The summed E-state index contributed by atoms with van der Waals surface area (Å²) in [4.78, 5) is 9.28. The van der Waals surface area contributed by atoms with Crippen LogP contribution in [0.4, 0.5) is 10.2 Å². The predicted molar refractivity (Wildman–Crippen MR) is 54.0 cm³/mol. The van der Waals surface area contributed by atoms with Crippen LogP contribution in [0, 0.1) is 11.9 Å². The van der Waals surface area contributed by atoms with E-state index in [1.165, 1.54) is 12.4 Å². The lowest BCUT2D eigenvalue weighted by Gasteiger charge is -2.34. The molecule has 1 heterocycles. The first-order valence-corrected chi connectivity index (χ1v) is 5.02. The van der Waals surface area contributed by atoms with Crippen molar-refractivity contribution < 1.29 is 9.50 Å². The Labute approximate surface area is 87.8 Å². The zero-order valence-electron chi connectivity index (χ0n) is 8.60. The first-order chi connectivity index (χ1) is 7.15. The lowest BCUT2D eigenvalue weighted by atomic mass is 9.82. The first-order valence-electron chi connectivity index (χ1n) is 5.02. The highest BCUT2D eigenvalue weighted by molar-refractivity contribution is 5.35. The molecule has 2 rings (SSSR count). The molecule has 0 saturated heterocycles. The number of anilines is 1. The summed E-state index contributed by atoms with van der Waals surface area (Å²) < 4.78 is 12.8.